The summed E-state index contributed by atoms with van der Waals surface area (Å²) in [6, 6.07) is 4.91. The van der Waals surface area contributed by atoms with Crippen molar-refractivity contribution in [1.29, 1.82) is 0 Å². The summed E-state index contributed by atoms with van der Waals surface area (Å²) in [6.45, 7) is 5.78. The van der Waals surface area contributed by atoms with Gasteiger partial charge in [-0.3, -0.25) is 9.36 Å². The second-order valence-corrected chi connectivity index (χ2v) is 6.94. The van der Waals surface area contributed by atoms with Gasteiger partial charge in [0.05, 0.1) is 10.6 Å². The zero-order valence-corrected chi connectivity index (χ0v) is 15.4. The molecule has 3 aromatic rings. The molecule has 0 saturated heterocycles. The van der Waals surface area contributed by atoms with E-state index in [2.05, 4.69) is 5.10 Å². The Balaban J connectivity index is 2.29. The predicted octanol–water partition coefficient (Wildman–Crippen LogP) is 4.80. The molecule has 0 atom stereocenters. The summed E-state index contributed by atoms with van der Waals surface area (Å²) in [6.07, 6.45) is -4.49. The Kier molecular flexibility index (Phi) is 4.38. The van der Waals surface area contributed by atoms with E-state index in [1.54, 1.807) is 0 Å². The molecule has 3 rings (SSSR count). The molecule has 0 aliphatic carbocycles. The number of alkyl halides is 3. The van der Waals surface area contributed by atoms with E-state index < -0.39 is 11.7 Å². The van der Waals surface area contributed by atoms with Gasteiger partial charge in [0, 0.05) is 18.3 Å². The lowest BCUT2D eigenvalue weighted by Crippen LogP contribution is -2.24. The van der Waals surface area contributed by atoms with E-state index in [4.69, 9.17) is 11.6 Å². The molecular formula is C18H17ClF3N3O. The summed E-state index contributed by atoms with van der Waals surface area (Å²) in [5.74, 6) is 0.337. The van der Waals surface area contributed by atoms with Crippen molar-refractivity contribution in [2.24, 2.45) is 7.05 Å². The van der Waals surface area contributed by atoms with E-state index in [0.717, 1.165) is 23.4 Å². The second kappa shape index (κ2) is 6.16. The second-order valence-electron chi connectivity index (χ2n) is 6.54. The summed E-state index contributed by atoms with van der Waals surface area (Å²) in [5, 5.41) is 4.36. The Morgan fingerprint density at radius 3 is 2.38 bits per heavy atom. The molecule has 0 unspecified atom stereocenters. The number of aryl methyl sites for hydroxylation is 1. The lowest BCUT2D eigenvalue weighted by molar-refractivity contribution is -0.137. The van der Waals surface area contributed by atoms with E-state index >= 15 is 0 Å². The standard InChI is InChI=1S/C18H17ClF3N3O/c1-9(2)13-7-10(3)25-15(13)17(26)24(4)16(23-25)12-6-5-11(8-14(12)19)18(20,21)22/h5-9H,1-4H3. The average molecular weight is 384 g/mol. The first-order valence-corrected chi connectivity index (χ1v) is 8.36. The highest BCUT2D eigenvalue weighted by Gasteiger charge is 2.31. The van der Waals surface area contributed by atoms with Crippen molar-refractivity contribution in [3.05, 3.63) is 56.5 Å². The Morgan fingerprint density at radius 2 is 1.85 bits per heavy atom. The number of benzene rings is 1. The topological polar surface area (TPSA) is 39.3 Å². The molecule has 0 fully saturated rings. The van der Waals surface area contributed by atoms with Crippen molar-refractivity contribution in [3.63, 3.8) is 0 Å². The van der Waals surface area contributed by atoms with E-state index in [0.29, 0.717) is 5.52 Å². The number of hydrogen-bond donors (Lipinski definition) is 0. The van der Waals surface area contributed by atoms with Gasteiger partial charge in [0.2, 0.25) is 0 Å². The normalized spacial score (nSPS) is 12.3. The molecule has 0 amide bonds. The fraction of sp³-hybridized carbons (Fsp3) is 0.333. The lowest BCUT2D eigenvalue weighted by Gasteiger charge is -2.13. The zero-order chi connectivity index (χ0) is 19.4. The molecule has 26 heavy (non-hydrogen) atoms. The molecule has 4 nitrogen and oxygen atoms in total. The van der Waals surface area contributed by atoms with Gasteiger partial charge in [0.25, 0.3) is 5.56 Å². The Morgan fingerprint density at radius 1 is 1.19 bits per heavy atom. The van der Waals surface area contributed by atoms with Crippen LogP contribution >= 0.6 is 11.6 Å². The maximum Gasteiger partial charge on any atom is 0.416 e. The SMILES string of the molecule is Cc1cc(C(C)C)c2c(=O)n(C)c(-c3ccc(C(F)(F)F)cc3Cl)nn12. The van der Waals surface area contributed by atoms with Crippen LogP contribution in [0.2, 0.25) is 5.02 Å². The third-order valence-corrected chi connectivity index (χ3v) is 4.68. The van der Waals surface area contributed by atoms with Crippen LogP contribution in [-0.2, 0) is 13.2 Å². The summed E-state index contributed by atoms with van der Waals surface area (Å²) >= 11 is 6.08. The predicted molar refractivity (Wildman–Crippen MR) is 94.7 cm³/mol. The fourth-order valence-corrected chi connectivity index (χ4v) is 3.23. The monoisotopic (exact) mass is 383 g/mol. The van der Waals surface area contributed by atoms with Gasteiger partial charge >= 0.3 is 6.18 Å². The van der Waals surface area contributed by atoms with Gasteiger partial charge in [-0.05, 0) is 42.7 Å². The van der Waals surface area contributed by atoms with Crippen molar-refractivity contribution in [1.82, 2.24) is 14.2 Å². The third-order valence-electron chi connectivity index (χ3n) is 4.36. The van der Waals surface area contributed by atoms with Gasteiger partial charge < -0.3 is 0 Å². The average Bonchev–Trinajstić information content (AvgIpc) is 2.87. The minimum Gasteiger partial charge on any atom is -0.292 e. The van der Waals surface area contributed by atoms with Crippen molar-refractivity contribution < 1.29 is 13.2 Å². The van der Waals surface area contributed by atoms with Gasteiger partial charge in [-0.1, -0.05) is 25.4 Å². The minimum absolute atomic E-state index is 0.115. The molecule has 0 aliphatic heterocycles. The molecule has 0 bridgehead atoms. The number of fused-ring (bicyclic) bond motifs is 1. The Bertz CT molecular complexity index is 1060. The summed E-state index contributed by atoms with van der Waals surface area (Å²) in [5.41, 5.74) is 1.25. The molecule has 138 valence electrons. The fourth-order valence-electron chi connectivity index (χ4n) is 2.96. The van der Waals surface area contributed by atoms with Gasteiger partial charge in [-0.2, -0.15) is 13.2 Å². The highest BCUT2D eigenvalue weighted by Crippen LogP contribution is 2.35. The molecule has 2 heterocycles. The molecule has 0 aliphatic rings. The maximum atomic E-state index is 12.9. The van der Waals surface area contributed by atoms with Crippen molar-refractivity contribution in [2.45, 2.75) is 32.9 Å². The molecule has 8 heteroatoms. The number of hydrogen-bond acceptors (Lipinski definition) is 2. The number of rotatable bonds is 2. The largest absolute Gasteiger partial charge is 0.416 e. The van der Waals surface area contributed by atoms with Crippen molar-refractivity contribution >= 4 is 17.1 Å². The molecule has 0 radical (unpaired) electrons. The van der Waals surface area contributed by atoms with Crippen LogP contribution in [0.5, 0.6) is 0 Å². The molecular weight excluding hydrogens is 367 g/mol. The van der Waals surface area contributed by atoms with E-state index in [-0.39, 0.29) is 27.9 Å². The van der Waals surface area contributed by atoms with Gasteiger partial charge in [0.15, 0.2) is 5.82 Å². The van der Waals surface area contributed by atoms with Crippen molar-refractivity contribution in [2.75, 3.05) is 0 Å². The van der Waals surface area contributed by atoms with Crippen LogP contribution < -0.4 is 5.56 Å². The number of halogens is 4. The molecule has 0 saturated carbocycles. The quantitative estimate of drug-likeness (QED) is 0.637. The van der Waals surface area contributed by atoms with Gasteiger partial charge in [0.1, 0.15) is 5.52 Å². The Hall–Kier alpha value is -2.28. The maximum absolute atomic E-state index is 12.9. The van der Waals surface area contributed by atoms with E-state index in [1.807, 2.05) is 26.8 Å². The molecule has 1 aromatic carbocycles. The van der Waals surface area contributed by atoms with Crippen LogP contribution in [0, 0.1) is 6.92 Å². The first-order chi connectivity index (χ1) is 12.0. The summed E-state index contributed by atoms with van der Waals surface area (Å²) < 4.78 is 41.4. The van der Waals surface area contributed by atoms with Crippen LogP contribution in [0.3, 0.4) is 0 Å². The lowest BCUT2D eigenvalue weighted by atomic mass is 10.1. The molecule has 0 spiro atoms. The summed E-state index contributed by atoms with van der Waals surface area (Å²) in [4.78, 5) is 12.9. The Labute approximate surface area is 152 Å². The van der Waals surface area contributed by atoms with Crippen LogP contribution in [0.1, 0.15) is 36.6 Å². The third kappa shape index (κ3) is 2.90. The van der Waals surface area contributed by atoms with Crippen LogP contribution in [-0.4, -0.2) is 14.2 Å². The first kappa shape index (κ1) is 18.5. The summed E-state index contributed by atoms with van der Waals surface area (Å²) in [7, 11) is 1.53. The van der Waals surface area contributed by atoms with Crippen LogP contribution in [0.25, 0.3) is 16.9 Å². The molecule has 2 aromatic heterocycles. The van der Waals surface area contributed by atoms with Crippen LogP contribution in [0.15, 0.2) is 29.1 Å². The number of nitrogens with zero attached hydrogens (tertiary/aromatic N) is 3. The first-order valence-electron chi connectivity index (χ1n) is 7.98. The van der Waals surface area contributed by atoms with Crippen LogP contribution in [0.4, 0.5) is 13.2 Å². The minimum atomic E-state index is -4.49. The van der Waals surface area contributed by atoms with Gasteiger partial charge in [-0.15, -0.1) is 5.10 Å². The number of aromatic nitrogens is 3. The molecule has 0 N–H and O–H groups in total. The van der Waals surface area contributed by atoms with Crippen molar-refractivity contribution in [3.8, 4) is 11.4 Å². The zero-order valence-electron chi connectivity index (χ0n) is 14.6. The highest BCUT2D eigenvalue weighted by atomic mass is 35.5. The smallest absolute Gasteiger partial charge is 0.292 e. The van der Waals surface area contributed by atoms with Gasteiger partial charge in [-0.25, -0.2) is 4.52 Å². The van der Waals surface area contributed by atoms with E-state index in [1.165, 1.54) is 22.2 Å². The van der Waals surface area contributed by atoms with E-state index in [9.17, 15) is 18.0 Å². The highest BCUT2D eigenvalue weighted by molar-refractivity contribution is 6.33.